The van der Waals surface area contributed by atoms with E-state index in [-0.39, 0.29) is 0 Å². The molecule has 2 aromatic heterocycles. The molecule has 0 aliphatic rings. The van der Waals surface area contributed by atoms with E-state index in [2.05, 4.69) is 32.7 Å². The fourth-order valence-electron chi connectivity index (χ4n) is 0.800. The van der Waals surface area contributed by atoms with Crippen molar-refractivity contribution in [2.45, 2.75) is 0 Å². The van der Waals surface area contributed by atoms with Gasteiger partial charge in [-0.2, -0.15) is 5.10 Å². The number of fused-ring (bicyclic) bond motifs is 1. The lowest BCUT2D eigenvalue weighted by molar-refractivity contribution is 0.913. The zero-order valence-corrected chi connectivity index (χ0v) is 7.19. The van der Waals surface area contributed by atoms with Crippen LogP contribution in [0.3, 0.4) is 0 Å². The third-order valence-electron chi connectivity index (χ3n) is 1.24. The molecule has 10 heavy (non-hydrogen) atoms. The highest BCUT2D eigenvalue weighted by Crippen LogP contribution is 2.05. The maximum atomic E-state index is 4.11. The van der Waals surface area contributed by atoms with E-state index in [4.69, 9.17) is 0 Å². The second-order valence-electron chi connectivity index (χ2n) is 1.87. The van der Waals surface area contributed by atoms with Gasteiger partial charge in [-0.25, -0.2) is 9.50 Å². The van der Waals surface area contributed by atoms with E-state index in [0.29, 0.717) is 0 Å². The molecule has 2 aromatic rings. The lowest BCUT2D eigenvalue weighted by Crippen LogP contribution is -1.90. The van der Waals surface area contributed by atoms with Crippen LogP contribution in [0, 0.1) is 3.70 Å². The molecule has 0 radical (unpaired) electrons. The molecule has 2 heterocycles. The Morgan fingerprint density at radius 3 is 3.20 bits per heavy atom. The van der Waals surface area contributed by atoms with Gasteiger partial charge in [0.1, 0.15) is 3.70 Å². The Morgan fingerprint density at radius 1 is 1.50 bits per heavy atom. The molecular weight excluding hydrogens is 241 g/mol. The van der Waals surface area contributed by atoms with Crippen molar-refractivity contribution in [3.05, 3.63) is 28.2 Å². The summed E-state index contributed by atoms with van der Waals surface area (Å²) >= 11 is 2.19. The maximum Gasteiger partial charge on any atom is 0.154 e. The molecule has 2 rings (SSSR count). The minimum Gasteiger partial charge on any atom is -0.234 e. The Kier molecular flexibility index (Phi) is 1.33. The molecule has 0 aromatic carbocycles. The van der Waals surface area contributed by atoms with Crippen LogP contribution in [-0.4, -0.2) is 14.6 Å². The molecular formula is C6H4IN3. The van der Waals surface area contributed by atoms with Crippen molar-refractivity contribution in [2.75, 3.05) is 0 Å². The number of hydrogen-bond acceptors (Lipinski definition) is 2. The summed E-state index contributed by atoms with van der Waals surface area (Å²) in [7, 11) is 0. The van der Waals surface area contributed by atoms with Gasteiger partial charge in [0, 0.05) is 6.20 Å². The van der Waals surface area contributed by atoms with E-state index in [1.807, 2.05) is 12.1 Å². The summed E-state index contributed by atoms with van der Waals surface area (Å²) in [6.07, 6.45) is 3.54. The predicted molar refractivity (Wildman–Crippen MR) is 45.7 cm³/mol. The van der Waals surface area contributed by atoms with Crippen molar-refractivity contribution in [2.24, 2.45) is 0 Å². The highest BCUT2D eigenvalue weighted by atomic mass is 127. The Hall–Kier alpha value is -0.650. The van der Waals surface area contributed by atoms with Crippen LogP contribution in [-0.2, 0) is 0 Å². The third-order valence-corrected chi connectivity index (χ3v) is 1.97. The van der Waals surface area contributed by atoms with Gasteiger partial charge in [-0.15, -0.1) is 0 Å². The van der Waals surface area contributed by atoms with Crippen LogP contribution in [0.15, 0.2) is 24.5 Å². The molecule has 0 aliphatic heterocycles. The first kappa shape index (κ1) is 6.09. The summed E-state index contributed by atoms with van der Waals surface area (Å²) < 4.78 is 2.83. The molecule has 0 unspecified atom stereocenters. The van der Waals surface area contributed by atoms with Gasteiger partial charge in [0.15, 0.2) is 5.65 Å². The largest absolute Gasteiger partial charge is 0.234 e. The first-order chi connectivity index (χ1) is 4.88. The summed E-state index contributed by atoms with van der Waals surface area (Å²) in [6, 6.07) is 3.80. The summed E-state index contributed by atoms with van der Waals surface area (Å²) in [5.41, 5.74) is 0.895. The molecule has 0 fully saturated rings. The molecule has 50 valence electrons. The van der Waals surface area contributed by atoms with Crippen LogP contribution in [0.4, 0.5) is 0 Å². The molecule has 0 saturated carbocycles. The Bertz CT molecular complexity index is 355. The molecule has 0 N–H and O–H groups in total. The molecule has 4 heteroatoms. The molecule has 0 saturated heterocycles. The average Bonchev–Trinajstić information content (AvgIpc) is 2.34. The summed E-state index contributed by atoms with van der Waals surface area (Å²) in [5.74, 6) is 0. The molecule has 0 atom stereocenters. The van der Waals surface area contributed by atoms with Crippen LogP contribution >= 0.6 is 22.6 Å². The van der Waals surface area contributed by atoms with Gasteiger partial charge in [0.2, 0.25) is 0 Å². The van der Waals surface area contributed by atoms with Crippen molar-refractivity contribution in [3.63, 3.8) is 0 Å². The fourth-order valence-corrected chi connectivity index (χ4v) is 1.31. The summed E-state index contributed by atoms with van der Waals surface area (Å²) in [5, 5.41) is 4.09. The van der Waals surface area contributed by atoms with E-state index in [0.717, 1.165) is 9.35 Å². The van der Waals surface area contributed by atoms with E-state index in [1.165, 1.54) is 0 Å². The van der Waals surface area contributed by atoms with Gasteiger partial charge < -0.3 is 0 Å². The van der Waals surface area contributed by atoms with Gasteiger partial charge in [-0.05, 0) is 34.7 Å². The highest BCUT2D eigenvalue weighted by Gasteiger charge is 1.96. The van der Waals surface area contributed by atoms with Gasteiger partial charge in [-0.3, -0.25) is 0 Å². The van der Waals surface area contributed by atoms with Crippen molar-refractivity contribution in [1.82, 2.24) is 14.6 Å². The predicted octanol–water partition coefficient (Wildman–Crippen LogP) is 1.33. The quantitative estimate of drug-likeness (QED) is 0.655. The molecule has 0 spiro atoms. The second-order valence-corrected chi connectivity index (χ2v) is 2.98. The number of aromatic nitrogens is 3. The van der Waals surface area contributed by atoms with Crippen molar-refractivity contribution in [3.8, 4) is 0 Å². The first-order valence-electron chi connectivity index (χ1n) is 2.82. The van der Waals surface area contributed by atoms with Crippen LogP contribution in [0.1, 0.15) is 0 Å². The maximum absolute atomic E-state index is 4.11. The Morgan fingerprint density at radius 2 is 2.40 bits per heavy atom. The zero-order valence-electron chi connectivity index (χ0n) is 5.03. The normalized spacial score (nSPS) is 10.5. The molecule has 0 aliphatic carbocycles. The topological polar surface area (TPSA) is 30.2 Å². The number of rotatable bonds is 0. The van der Waals surface area contributed by atoms with E-state index >= 15 is 0 Å². The Labute approximate surface area is 71.2 Å². The number of halogens is 1. The number of imidazole rings is 1. The number of hydrogen-bond donors (Lipinski definition) is 0. The second kappa shape index (κ2) is 2.19. The zero-order chi connectivity index (χ0) is 6.97. The number of nitrogens with zero attached hydrogens (tertiary/aromatic N) is 3. The fraction of sp³-hybridized carbons (Fsp3) is 0. The van der Waals surface area contributed by atoms with Gasteiger partial charge >= 0.3 is 0 Å². The van der Waals surface area contributed by atoms with E-state index in [9.17, 15) is 0 Å². The van der Waals surface area contributed by atoms with Crippen molar-refractivity contribution >= 4 is 28.2 Å². The minimum atomic E-state index is 0.895. The van der Waals surface area contributed by atoms with E-state index < -0.39 is 0 Å². The van der Waals surface area contributed by atoms with Gasteiger partial charge in [-0.1, -0.05) is 0 Å². The van der Waals surface area contributed by atoms with Crippen LogP contribution < -0.4 is 0 Å². The van der Waals surface area contributed by atoms with E-state index in [1.54, 1.807) is 16.9 Å². The van der Waals surface area contributed by atoms with Crippen LogP contribution in [0.25, 0.3) is 5.65 Å². The summed E-state index contributed by atoms with van der Waals surface area (Å²) in [6.45, 7) is 0. The lowest BCUT2D eigenvalue weighted by Gasteiger charge is -1.88. The minimum absolute atomic E-state index is 0.895. The first-order valence-corrected chi connectivity index (χ1v) is 3.90. The standard InChI is InChI=1S/C6H4IN3/c7-5-4-8-6-2-1-3-9-10(5)6/h1-4H. The monoisotopic (exact) mass is 245 g/mol. The van der Waals surface area contributed by atoms with Gasteiger partial charge in [0.05, 0.1) is 6.20 Å². The smallest absolute Gasteiger partial charge is 0.154 e. The van der Waals surface area contributed by atoms with Crippen molar-refractivity contribution < 1.29 is 0 Å². The van der Waals surface area contributed by atoms with Crippen molar-refractivity contribution in [1.29, 1.82) is 0 Å². The lowest BCUT2D eigenvalue weighted by atomic mass is 10.6. The van der Waals surface area contributed by atoms with Crippen LogP contribution in [0.2, 0.25) is 0 Å². The third kappa shape index (κ3) is 0.792. The SMILES string of the molecule is Ic1cnc2cccnn12. The average molecular weight is 245 g/mol. The molecule has 0 amide bonds. The molecule has 0 bridgehead atoms. The summed E-state index contributed by atoms with van der Waals surface area (Å²) in [4.78, 5) is 4.11. The Balaban J connectivity index is 2.93. The van der Waals surface area contributed by atoms with Gasteiger partial charge in [0.25, 0.3) is 0 Å². The molecule has 3 nitrogen and oxygen atoms in total. The van der Waals surface area contributed by atoms with Crippen LogP contribution in [0.5, 0.6) is 0 Å². The highest BCUT2D eigenvalue weighted by molar-refractivity contribution is 14.1.